The number of nitrogens with one attached hydrogen (secondary N) is 2. The van der Waals surface area contributed by atoms with E-state index in [0.29, 0.717) is 24.4 Å². The molecule has 0 atom stereocenters. The molecule has 0 fully saturated rings. The van der Waals surface area contributed by atoms with Crippen LogP contribution < -0.4 is 20.9 Å². The number of methoxy groups -OCH3 is 1. The zero-order chi connectivity index (χ0) is 19.1. The molecule has 0 radical (unpaired) electrons. The van der Waals surface area contributed by atoms with Crippen LogP contribution in [0.1, 0.15) is 5.56 Å². The highest BCUT2D eigenvalue weighted by atomic mass is 16.5. The standard InChI is InChI=1S/C20H20N4O3/c1-27-17-10-6-5-9-16(17)24-14-13-21-18(19(24)25)23-20(26)22-12-11-15-7-3-2-4-8-15/h2-10,13-14H,11-12H2,1H3,(H2,21,22,23,26). The van der Waals surface area contributed by atoms with Gasteiger partial charge in [-0.05, 0) is 24.1 Å². The molecule has 0 bridgehead atoms. The summed E-state index contributed by atoms with van der Waals surface area (Å²) in [7, 11) is 1.53. The minimum Gasteiger partial charge on any atom is -0.495 e. The lowest BCUT2D eigenvalue weighted by Crippen LogP contribution is -2.34. The molecule has 27 heavy (non-hydrogen) atoms. The molecule has 1 aromatic heterocycles. The maximum Gasteiger partial charge on any atom is 0.320 e. The molecule has 0 saturated carbocycles. The molecule has 7 nitrogen and oxygen atoms in total. The fraction of sp³-hybridized carbons (Fsp3) is 0.150. The summed E-state index contributed by atoms with van der Waals surface area (Å²) in [5.74, 6) is 0.490. The maximum atomic E-state index is 12.7. The molecule has 0 spiro atoms. The Morgan fingerprint density at radius 1 is 1.11 bits per heavy atom. The smallest absolute Gasteiger partial charge is 0.320 e. The summed E-state index contributed by atoms with van der Waals surface area (Å²) >= 11 is 0. The van der Waals surface area contributed by atoms with Gasteiger partial charge in [0.25, 0.3) is 5.56 Å². The van der Waals surface area contributed by atoms with Gasteiger partial charge in [-0.2, -0.15) is 0 Å². The van der Waals surface area contributed by atoms with E-state index >= 15 is 0 Å². The number of rotatable bonds is 6. The van der Waals surface area contributed by atoms with Crippen LogP contribution >= 0.6 is 0 Å². The molecule has 7 heteroatoms. The van der Waals surface area contributed by atoms with Gasteiger partial charge in [-0.15, -0.1) is 0 Å². The largest absolute Gasteiger partial charge is 0.495 e. The van der Waals surface area contributed by atoms with Crippen LogP contribution in [0.2, 0.25) is 0 Å². The summed E-state index contributed by atoms with van der Waals surface area (Å²) in [5.41, 5.74) is 1.24. The summed E-state index contributed by atoms with van der Waals surface area (Å²) in [6.07, 6.45) is 3.67. The third kappa shape index (κ3) is 4.52. The molecule has 2 N–H and O–H groups in total. The summed E-state index contributed by atoms with van der Waals surface area (Å²) in [4.78, 5) is 28.7. The number of benzene rings is 2. The van der Waals surface area contributed by atoms with Crippen LogP contribution in [0.3, 0.4) is 0 Å². The van der Waals surface area contributed by atoms with E-state index in [0.717, 1.165) is 5.56 Å². The van der Waals surface area contributed by atoms with Crippen molar-refractivity contribution < 1.29 is 9.53 Å². The highest BCUT2D eigenvalue weighted by Crippen LogP contribution is 2.20. The summed E-state index contributed by atoms with van der Waals surface area (Å²) in [6.45, 7) is 0.448. The highest BCUT2D eigenvalue weighted by Gasteiger charge is 2.12. The van der Waals surface area contributed by atoms with Gasteiger partial charge >= 0.3 is 6.03 Å². The topological polar surface area (TPSA) is 85.2 Å². The molecule has 3 rings (SSSR count). The number of para-hydroxylation sites is 2. The number of carbonyl (C=O) groups is 1. The van der Waals surface area contributed by atoms with Gasteiger partial charge in [0.1, 0.15) is 5.75 Å². The molecule has 0 aliphatic carbocycles. The summed E-state index contributed by atoms with van der Waals surface area (Å²) in [5, 5.41) is 5.23. The van der Waals surface area contributed by atoms with Crippen LogP contribution in [-0.4, -0.2) is 29.2 Å². The van der Waals surface area contributed by atoms with Gasteiger partial charge in [-0.1, -0.05) is 42.5 Å². The van der Waals surface area contributed by atoms with Crippen LogP contribution in [0, 0.1) is 0 Å². The molecular formula is C20H20N4O3. The third-order valence-corrected chi connectivity index (χ3v) is 3.96. The van der Waals surface area contributed by atoms with E-state index in [9.17, 15) is 9.59 Å². The number of ether oxygens (including phenoxy) is 1. The predicted molar refractivity (Wildman–Crippen MR) is 104 cm³/mol. The van der Waals surface area contributed by atoms with Crippen molar-refractivity contribution in [2.24, 2.45) is 0 Å². The number of nitrogens with zero attached hydrogens (tertiary/aromatic N) is 2. The number of hydrogen-bond donors (Lipinski definition) is 2. The van der Waals surface area contributed by atoms with Crippen molar-refractivity contribution in [1.29, 1.82) is 0 Å². The molecular weight excluding hydrogens is 344 g/mol. The lowest BCUT2D eigenvalue weighted by molar-refractivity contribution is 0.252. The first kappa shape index (κ1) is 18.2. The number of carbonyl (C=O) groups excluding carboxylic acids is 1. The van der Waals surface area contributed by atoms with Gasteiger partial charge in [0, 0.05) is 18.9 Å². The van der Waals surface area contributed by atoms with Gasteiger partial charge in [0.2, 0.25) is 5.82 Å². The molecule has 3 aromatic rings. The average molecular weight is 364 g/mol. The number of aromatic nitrogens is 2. The minimum absolute atomic E-state index is 0.0550. The van der Waals surface area contributed by atoms with E-state index in [1.165, 1.54) is 24.1 Å². The van der Waals surface area contributed by atoms with Crippen molar-refractivity contribution in [3.8, 4) is 11.4 Å². The van der Waals surface area contributed by atoms with E-state index in [4.69, 9.17) is 4.74 Å². The van der Waals surface area contributed by atoms with E-state index in [1.54, 1.807) is 18.2 Å². The Labute approximate surface area is 156 Å². The van der Waals surface area contributed by atoms with Gasteiger partial charge in [-0.25, -0.2) is 9.78 Å². The number of anilines is 1. The lowest BCUT2D eigenvalue weighted by atomic mass is 10.1. The Morgan fingerprint density at radius 2 is 1.85 bits per heavy atom. The SMILES string of the molecule is COc1ccccc1-n1ccnc(NC(=O)NCCc2ccccc2)c1=O. The third-order valence-electron chi connectivity index (χ3n) is 3.96. The van der Waals surface area contributed by atoms with Gasteiger partial charge in [0.05, 0.1) is 12.8 Å². The maximum absolute atomic E-state index is 12.7. The zero-order valence-electron chi connectivity index (χ0n) is 14.9. The second-order valence-corrected chi connectivity index (χ2v) is 5.74. The van der Waals surface area contributed by atoms with Crippen LogP contribution in [0.25, 0.3) is 5.69 Å². The average Bonchev–Trinajstić information content (AvgIpc) is 2.70. The first-order chi connectivity index (χ1) is 13.2. The predicted octanol–water partition coefficient (Wildman–Crippen LogP) is 2.61. The van der Waals surface area contributed by atoms with Crippen molar-refractivity contribution in [1.82, 2.24) is 14.9 Å². The second kappa shape index (κ2) is 8.66. The van der Waals surface area contributed by atoms with E-state index in [1.807, 2.05) is 36.4 Å². The van der Waals surface area contributed by atoms with Crippen molar-refractivity contribution in [2.75, 3.05) is 19.0 Å². The first-order valence-electron chi connectivity index (χ1n) is 8.49. The number of amides is 2. The Balaban J connectivity index is 1.69. The highest BCUT2D eigenvalue weighted by molar-refractivity contribution is 5.88. The van der Waals surface area contributed by atoms with E-state index < -0.39 is 11.6 Å². The number of hydrogen-bond acceptors (Lipinski definition) is 4. The van der Waals surface area contributed by atoms with Gasteiger partial charge < -0.3 is 10.1 Å². The van der Waals surface area contributed by atoms with Crippen LogP contribution in [0.4, 0.5) is 10.6 Å². The van der Waals surface area contributed by atoms with Crippen LogP contribution in [0.15, 0.2) is 71.8 Å². The van der Waals surface area contributed by atoms with Gasteiger partial charge in [-0.3, -0.25) is 14.7 Å². The Bertz CT molecular complexity index is 970. The van der Waals surface area contributed by atoms with Gasteiger partial charge in [0.15, 0.2) is 0 Å². The van der Waals surface area contributed by atoms with E-state index in [-0.39, 0.29) is 5.82 Å². The Morgan fingerprint density at radius 3 is 2.63 bits per heavy atom. The molecule has 0 aliphatic rings. The number of urea groups is 1. The Hall–Kier alpha value is -3.61. The monoisotopic (exact) mass is 364 g/mol. The molecule has 2 aromatic carbocycles. The normalized spacial score (nSPS) is 10.3. The van der Waals surface area contributed by atoms with Crippen molar-refractivity contribution in [2.45, 2.75) is 6.42 Å². The quantitative estimate of drug-likeness (QED) is 0.704. The molecule has 0 aliphatic heterocycles. The fourth-order valence-electron chi connectivity index (χ4n) is 2.63. The van der Waals surface area contributed by atoms with Crippen LogP contribution in [0.5, 0.6) is 5.75 Å². The molecule has 2 amide bonds. The van der Waals surface area contributed by atoms with Crippen LogP contribution in [-0.2, 0) is 6.42 Å². The molecule has 1 heterocycles. The first-order valence-corrected chi connectivity index (χ1v) is 8.49. The minimum atomic E-state index is -0.478. The van der Waals surface area contributed by atoms with Crippen molar-refractivity contribution >= 4 is 11.8 Å². The van der Waals surface area contributed by atoms with E-state index in [2.05, 4.69) is 15.6 Å². The summed E-state index contributed by atoms with van der Waals surface area (Å²) < 4.78 is 6.67. The molecule has 0 unspecified atom stereocenters. The van der Waals surface area contributed by atoms with Crippen molar-refractivity contribution in [3.05, 3.63) is 82.9 Å². The zero-order valence-corrected chi connectivity index (χ0v) is 14.9. The fourth-order valence-corrected chi connectivity index (χ4v) is 2.63. The lowest BCUT2D eigenvalue weighted by Gasteiger charge is -2.12. The molecule has 0 saturated heterocycles. The second-order valence-electron chi connectivity index (χ2n) is 5.74. The summed E-state index contributed by atoms with van der Waals surface area (Å²) in [6, 6.07) is 16.5. The molecule has 138 valence electrons. The van der Waals surface area contributed by atoms with Crippen molar-refractivity contribution in [3.63, 3.8) is 0 Å². The Kier molecular flexibility index (Phi) is 5.84.